The summed E-state index contributed by atoms with van der Waals surface area (Å²) in [6.07, 6.45) is 1.78. The van der Waals surface area contributed by atoms with Gasteiger partial charge in [-0.15, -0.1) is 11.3 Å². The van der Waals surface area contributed by atoms with E-state index in [1.807, 2.05) is 11.8 Å². The zero-order chi connectivity index (χ0) is 19.5. The van der Waals surface area contributed by atoms with Crippen molar-refractivity contribution in [3.63, 3.8) is 0 Å². The number of hydrogen-bond donors (Lipinski definition) is 0. The van der Waals surface area contributed by atoms with E-state index in [0.29, 0.717) is 36.2 Å². The van der Waals surface area contributed by atoms with Crippen molar-refractivity contribution in [1.29, 1.82) is 0 Å². The van der Waals surface area contributed by atoms with Crippen LogP contribution in [0.1, 0.15) is 40.8 Å². The van der Waals surface area contributed by atoms with E-state index in [1.165, 1.54) is 23.5 Å². The van der Waals surface area contributed by atoms with Gasteiger partial charge in [-0.05, 0) is 44.0 Å². The molecule has 0 saturated carbocycles. The zero-order valence-electron chi connectivity index (χ0n) is 15.3. The number of aromatic nitrogens is 3. The number of piperidine rings is 1. The number of carbonyl (C=O) groups is 1. The third-order valence-corrected chi connectivity index (χ3v) is 5.20. The van der Waals surface area contributed by atoms with Crippen molar-refractivity contribution >= 4 is 17.2 Å². The SMILES string of the molecule is Cc1cc(Oc2ccc(F)cc2)nc(C2CCCN(C(=O)c3cscn3)C2)n1. The highest BCUT2D eigenvalue weighted by atomic mass is 32.1. The highest BCUT2D eigenvalue weighted by Crippen LogP contribution is 2.28. The predicted molar refractivity (Wildman–Crippen MR) is 103 cm³/mol. The number of likely N-dealkylation sites (tertiary alicyclic amines) is 1. The van der Waals surface area contributed by atoms with Gasteiger partial charge in [-0.3, -0.25) is 4.79 Å². The largest absolute Gasteiger partial charge is 0.439 e. The minimum absolute atomic E-state index is 0.0341. The van der Waals surface area contributed by atoms with E-state index in [4.69, 9.17) is 4.74 Å². The molecule has 1 saturated heterocycles. The number of halogens is 1. The first-order chi connectivity index (χ1) is 13.6. The van der Waals surface area contributed by atoms with Crippen molar-refractivity contribution in [2.45, 2.75) is 25.7 Å². The summed E-state index contributed by atoms with van der Waals surface area (Å²) in [6, 6.07) is 7.54. The lowest BCUT2D eigenvalue weighted by Crippen LogP contribution is -2.39. The maximum absolute atomic E-state index is 13.1. The number of carbonyl (C=O) groups excluding carboxylic acids is 1. The Morgan fingerprint density at radius 3 is 2.86 bits per heavy atom. The molecule has 1 amide bonds. The van der Waals surface area contributed by atoms with Crippen LogP contribution >= 0.6 is 11.3 Å². The number of nitrogens with zero attached hydrogens (tertiary/aromatic N) is 4. The number of ether oxygens (including phenoxy) is 1. The molecular weight excluding hydrogens is 379 g/mol. The summed E-state index contributed by atoms with van der Waals surface area (Å²) in [7, 11) is 0. The Hall–Kier alpha value is -2.87. The fraction of sp³-hybridized carbons (Fsp3) is 0.300. The van der Waals surface area contributed by atoms with Gasteiger partial charge in [-0.2, -0.15) is 4.98 Å². The van der Waals surface area contributed by atoms with Crippen LogP contribution in [0.5, 0.6) is 11.6 Å². The minimum atomic E-state index is -0.320. The van der Waals surface area contributed by atoms with E-state index in [2.05, 4.69) is 15.0 Å². The van der Waals surface area contributed by atoms with Gasteiger partial charge >= 0.3 is 0 Å². The molecule has 0 N–H and O–H groups in total. The average molecular weight is 398 g/mol. The number of hydrogen-bond acceptors (Lipinski definition) is 6. The second-order valence-corrected chi connectivity index (χ2v) is 7.44. The van der Waals surface area contributed by atoms with Gasteiger partial charge in [-0.1, -0.05) is 0 Å². The van der Waals surface area contributed by atoms with Gasteiger partial charge in [0.05, 0.1) is 5.51 Å². The molecule has 1 aliphatic rings. The van der Waals surface area contributed by atoms with Gasteiger partial charge in [-0.25, -0.2) is 14.4 Å². The maximum Gasteiger partial charge on any atom is 0.273 e. The highest BCUT2D eigenvalue weighted by molar-refractivity contribution is 7.07. The summed E-state index contributed by atoms with van der Waals surface area (Å²) in [5, 5.41) is 1.77. The van der Waals surface area contributed by atoms with Crippen molar-refractivity contribution in [3.05, 3.63) is 64.3 Å². The predicted octanol–water partition coefficient (Wildman–Crippen LogP) is 4.19. The Bertz CT molecular complexity index is 963. The first kappa shape index (κ1) is 18.5. The average Bonchev–Trinajstić information content (AvgIpc) is 3.24. The Morgan fingerprint density at radius 2 is 2.11 bits per heavy atom. The maximum atomic E-state index is 13.1. The van der Waals surface area contributed by atoms with Crippen molar-refractivity contribution < 1.29 is 13.9 Å². The summed E-state index contributed by atoms with van der Waals surface area (Å²) in [5.41, 5.74) is 2.93. The molecule has 0 bridgehead atoms. The van der Waals surface area contributed by atoms with Crippen LogP contribution < -0.4 is 4.74 Å². The summed E-state index contributed by atoms with van der Waals surface area (Å²) < 4.78 is 18.9. The van der Waals surface area contributed by atoms with Crippen LogP contribution in [-0.2, 0) is 0 Å². The Kier molecular flexibility index (Phi) is 5.29. The van der Waals surface area contributed by atoms with Crippen molar-refractivity contribution in [2.24, 2.45) is 0 Å². The molecule has 1 aromatic carbocycles. The van der Waals surface area contributed by atoms with E-state index in [9.17, 15) is 9.18 Å². The van der Waals surface area contributed by atoms with Gasteiger partial charge in [0.25, 0.3) is 5.91 Å². The number of amides is 1. The second kappa shape index (κ2) is 8.02. The molecular formula is C20H19FN4O2S. The molecule has 0 spiro atoms. The van der Waals surface area contributed by atoms with Crippen LogP contribution in [0, 0.1) is 12.7 Å². The molecule has 144 valence electrons. The molecule has 4 rings (SSSR count). The van der Waals surface area contributed by atoms with Gasteiger partial charge in [0.1, 0.15) is 23.1 Å². The first-order valence-corrected chi connectivity index (χ1v) is 9.99. The van der Waals surface area contributed by atoms with E-state index >= 15 is 0 Å². The quantitative estimate of drug-likeness (QED) is 0.659. The van der Waals surface area contributed by atoms with Crippen molar-refractivity contribution in [2.75, 3.05) is 13.1 Å². The molecule has 1 aliphatic heterocycles. The number of thiazole rings is 1. The molecule has 1 unspecified atom stereocenters. The van der Waals surface area contributed by atoms with Crippen LogP contribution in [-0.4, -0.2) is 38.8 Å². The summed E-state index contributed by atoms with van der Waals surface area (Å²) in [4.78, 5) is 27.7. The third kappa shape index (κ3) is 4.17. The Morgan fingerprint density at radius 1 is 1.29 bits per heavy atom. The Labute approximate surface area is 166 Å². The topological polar surface area (TPSA) is 68.2 Å². The van der Waals surface area contributed by atoms with Gasteiger partial charge in [0.2, 0.25) is 5.88 Å². The van der Waals surface area contributed by atoms with E-state index in [0.717, 1.165) is 18.5 Å². The molecule has 0 aliphatic carbocycles. The molecule has 1 fully saturated rings. The van der Waals surface area contributed by atoms with Crippen molar-refractivity contribution in [3.8, 4) is 11.6 Å². The van der Waals surface area contributed by atoms with Gasteiger partial charge in [0.15, 0.2) is 0 Å². The minimum Gasteiger partial charge on any atom is -0.439 e. The molecule has 8 heteroatoms. The van der Waals surface area contributed by atoms with Crippen LogP contribution in [0.25, 0.3) is 0 Å². The van der Waals surface area contributed by atoms with Crippen LogP contribution in [0.4, 0.5) is 4.39 Å². The zero-order valence-corrected chi connectivity index (χ0v) is 16.2. The number of benzene rings is 1. The molecule has 2 aromatic heterocycles. The molecule has 0 radical (unpaired) electrons. The highest BCUT2D eigenvalue weighted by Gasteiger charge is 2.28. The summed E-state index contributed by atoms with van der Waals surface area (Å²) in [6.45, 7) is 3.14. The lowest BCUT2D eigenvalue weighted by atomic mass is 9.97. The number of rotatable bonds is 4. The van der Waals surface area contributed by atoms with Gasteiger partial charge in [0, 0.05) is 36.1 Å². The molecule has 3 heterocycles. The first-order valence-electron chi connectivity index (χ1n) is 9.05. The lowest BCUT2D eigenvalue weighted by Gasteiger charge is -2.31. The van der Waals surface area contributed by atoms with Crippen LogP contribution in [0.15, 0.2) is 41.2 Å². The van der Waals surface area contributed by atoms with Crippen LogP contribution in [0.2, 0.25) is 0 Å². The normalized spacial score (nSPS) is 16.8. The van der Waals surface area contributed by atoms with Crippen LogP contribution in [0.3, 0.4) is 0 Å². The fourth-order valence-electron chi connectivity index (χ4n) is 3.27. The third-order valence-electron chi connectivity index (χ3n) is 4.61. The standard InChI is InChI=1S/C20H19FN4O2S/c1-13-9-18(27-16-6-4-15(21)5-7-16)24-19(23-13)14-3-2-8-25(10-14)20(26)17-11-28-12-22-17/h4-7,9,11-12,14H,2-3,8,10H2,1H3. The molecule has 28 heavy (non-hydrogen) atoms. The van der Waals surface area contributed by atoms with Gasteiger partial charge < -0.3 is 9.64 Å². The summed E-state index contributed by atoms with van der Waals surface area (Å²) >= 11 is 1.41. The van der Waals surface area contributed by atoms with Crippen molar-refractivity contribution in [1.82, 2.24) is 19.9 Å². The second-order valence-electron chi connectivity index (χ2n) is 6.73. The molecule has 6 nitrogen and oxygen atoms in total. The smallest absolute Gasteiger partial charge is 0.273 e. The Balaban J connectivity index is 1.52. The number of aryl methyl sites for hydroxylation is 1. The fourth-order valence-corrected chi connectivity index (χ4v) is 3.80. The molecule has 1 atom stereocenters. The van der Waals surface area contributed by atoms with E-state index in [1.54, 1.807) is 29.1 Å². The van der Waals surface area contributed by atoms with E-state index in [-0.39, 0.29) is 17.6 Å². The molecule has 3 aromatic rings. The summed E-state index contributed by atoms with van der Waals surface area (Å²) in [5.74, 6) is 1.24. The monoisotopic (exact) mass is 398 g/mol. The van der Waals surface area contributed by atoms with E-state index < -0.39 is 0 Å². The lowest BCUT2D eigenvalue weighted by molar-refractivity contribution is 0.0699.